The van der Waals surface area contributed by atoms with Crippen molar-refractivity contribution in [2.24, 2.45) is 0 Å². The highest BCUT2D eigenvalue weighted by Gasteiger charge is 2.02. The minimum atomic E-state index is -0.481. The molecule has 2 rings (SSSR count). The number of nitrogens with one attached hydrogen (secondary N) is 1. The normalized spacial score (nSPS) is 9.96. The molecule has 5 heteroatoms. The number of alkyl carbamates (subject to hydrolysis) is 1. The van der Waals surface area contributed by atoms with Crippen molar-refractivity contribution in [3.8, 4) is 5.75 Å². The molecule has 0 spiro atoms. The van der Waals surface area contributed by atoms with Crippen molar-refractivity contribution in [1.82, 2.24) is 5.32 Å². The third-order valence-electron chi connectivity index (χ3n) is 3.15. The number of ether oxygens (including phenoxy) is 2. The Hall–Kier alpha value is -2.82. The van der Waals surface area contributed by atoms with Crippen molar-refractivity contribution in [2.45, 2.75) is 13.5 Å². The summed E-state index contributed by atoms with van der Waals surface area (Å²) in [6.07, 6.45) is 0.292. The number of hydrogen-bond acceptors (Lipinski definition) is 4. The highest BCUT2D eigenvalue weighted by Crippen LogP contribution is 2.10. The number of aldehydes is 1. The van der Waals surface area contributed by atoms with Crippen LogP contribution in [0.15, 0.2) is 48.5 Å². The second kappa shape index (κ2) is 8.58. The van der Waals surface area contributed by atoms with Crippen molar-refractivity contribution < 1.29 is 19.1 Å². The van der Waals surface area contributed by atoms with E-state index >= 15 is 0 Å². The zero-order valence-corrected chi connectivity index (χ0v) is 13.0. The largest absolute Gasteiger partial charge is 0.492 e. The van der Waals surface area contributed by atoms with Gasteiger partial charge >= 0.3 is 6.09 Å². The van der Waals surface area contributed by atoms with Gasteiger partial charge in [-0.05, 0) is 36.8 Å². The van der Waals surface area contributed by atoms with Gasteiger partial charge < -0.3 is 14.8 Å². The molecule has 5 nitrogen and oxygen atoms in total. The molecule has 2 aromatic rings. The summed E-state index contributed by atoms with van der Waals surface area (Å²) in [4.78, 5) is 22.1. The molecule has 23 heavy (non-hydrogen) atoms. The Bertz CT molecular complexity index is 635. The smallest absolute Gasteiger partial charge is 0.407 e. The maximum Gasteiger partial charge on any atom is 0.407 e. The van der Waals surface area contributed by atoms with Gasteiger partial charge in [-0.3, -0.25) is 4.79 Å². The topological polar surface area (TPSA) is 64.6 Å². The molecule has 0 aliphatic carbocycles. The first-order valence-electron chi connectivity index (χ1n) is 7.31. The van der Waals surface area contributed by atoms with Crippen LogP contribution in [0, 0.1) is 6.92 Å². The number of hydrogen-bond donors (Lipinski definition) is 1. The fourth-order valence-electron chi connectivity index (χ4n) is 1.85. The summed E-state index contributed by atoms with van der Waals surface area (Å²) in [6.45, 7) is 2.90. The van der Waals surface area contributed by atoms with Crippen molar-refractivity contribution in [1.29, 1.82) is 0 Å². The Kier molecular flexibility index (Phi) is 6.17. The van der Waals surface area contributed by atoms with Crippen molar-refractivity contribution in [3.05, 3.63) is 65.2 Å². The van der Waals surface area contributed by atoms with E-state index in [0.29, 0.717) is 24.5 Å². The van der Waals surface area contributed by atoms with E-state index in [1.165, 1.54) is 0 Å². The second-order valence-corrected chi connectivity index (χ2v) is 5.02. The molecule has 0 aliphatic heterocycles. The van der Waals surface area contributed by atoms with Crippen LogP contribution in [-0.4, -0.2) is 25.5 Å². The highest BCUT2D eigenvalue weighted by atomic mass is 16.5. The Morgan fingerprint density at radius 2 is 1.78 bits per heavy atom. The fourth-order valence-corrected chi connectivity index (χ4v) is 1.85. The van der Waals surface area contributed by atoms with E-state index < -0.39 is 6.09 Å². The molecule has 120 valence electrons. The molecule has 0 saturated heterocycles. The summed E-state index contributed by atoms with van der Waals surface area (Å²) in [7, 11) is 0. The molecule has 0 saturated carbocycles. The van der Waals surface area contributed by atoms with E-state index in [4.69, 9.17) is 9.47 Å². The van der Waals surface area contributed by atoms with E-state index in [2.05, 4.69) is 5.32 Å². The van der Waals surface area contributed by atoms with Gasteiger partial charge in [-0.2, -0.15) is 0 Å². The molecule has 0 aromatic heterocycles. The van der Waals surface area contributed by atoms with Gasteiger partial charge in [-0.15, -0.1) is 0 Å². The molecule has 0 heterocycles. The van der Waals surface area contributed by atoms with Gasteiger partial charge in [0.15, 0.2) is 0 Å². The third kappa shape index (κ3) is 5.82. The zero-order valence-electron chi connectivity index (χ0n) is 13.0. The first kappa shape index (κ1) is 16.5. The summed E-state index contributed by atoms with van der Waals surface area (Å²) in [6, 6.07) is 14.6. The first-order valence-corrected chi connectivity index (χ1v) is 7.31. The predicted octanol–water partition coefficient (Wildman–Crippen LogP) is 3.11. The van der Waals surface area contributed by atoms with Gasteiger partial charge in [-0.25, -0.2) is 4.79 Å². The van der Waals surface area contributed by atoms with Crippen LogP contribution in [-0.2, 0) is 11.3 Å². The third-order valence-corrected chi connectivity index (χ3v) is 3.15. The van der Waals surface area contributed by atoms with Gasteiger partial charge in [-0.1, -0.05) is 29.8 Å². The van der Waals surface area contributed by atoms with E-state index in [1.54, 1.807) is 24.3 Å². The SMILES string of the molecule is Cc1ccc(COC(=O)NCCOc2ccc(C=O)cc2)cc1. The highest BCUT2D eigenvalue weighted by molar-refractivity contribution is 5.74. The molecule has 2 aromatic carbocycles. The van der Waals surface area contributed by atoms with E-state index in [1.807, 2.05) is 31.2 Å². The van der Waals surface area contributed by atoms with Crippen LogP contribution < -0.4 is 10.1 Å². The molecule has 0 unspecified atom stereocenters. The van der Waals surface area contributed by atoms with Crippen LogP contribution in [0.2, 0.25) is 0 Å². The number of benzene rings is 2. The van der Waals surface area contributed by atoms with Crippen molar-refractivity contribution in [3.63, 3.8) is 0 Å². The van der Waals surface area contributed by atoms with E-state index in [9.17, 15) is 9.59 Å². The number of amides is 1. The maximum atomic E-state index is 11.6. The number of rotatable bonds is 7. The Labute approximate surface area is 135 Å². The fraction of sp³-hybridized carbons (Fsp3) is 0.222. The van der Waals surface area contributed by atoms with E-state index in [-0.39, 0.29) is 6.61 Å². The minimum absolute atomic E-state index is 0.236. The Morgan fingerprint density at radius 3 is 2.43 bits per heavy atom. The van der Waals surface area contributed by atoms with Gasteiger partial charge in [0.1, 0.15) is 25.2 Å². The van der Waals surface area contributed by atoms with Gasteiger partial charge in [0.25, 0.3) is 0 Å². The summed E-state index contributed by atoms with van der Waals surface area (Å²) < 4.78 is 10.6. The lowest BCUT2D eigenvalue weighted by molar-refractivity contribution is 0.112. The van der Waals surface area contributed by atoms with E-state index in [0.717, 1.165) is 17.4 Å². The zero-order chi connectivity index (χ0) is 16.5. The molecule has 1 amide bonds. The Balaban J connectivity index is 1.62. The summed E-state index contributed by atoms with van der Waals surface area (Å²) >= 11 is 0. The standard InChI is InChI=1S/C18H19NO4/c1-14-2-4-16(5-3-14)13-23-18(21)19-10-11-22-17-8-6-15(12-20)7-9-17/h2-9,12H,10-11,13H2,1H3,(H,19,21). The summed E-state index contributed by atoms with van der Waals surface area (Å²) in [5.41, 5.74) is 2.70. The van der Waals surface area contributed by atoms with Crippen LogP contribution in [0.4, 0.5) is 4.79 Å². The quantitative estimate of drug-likeness (QED) is 0.630. The predicted molar refractivity (Wildman–Crippen MR) is 86.7 cm³/mol. The Morgan fingerprint density at radius 1 is 1.09 bits per heavy atom. The monoisotopic (exact) mass is 313 g/mol. The summed E-state index contributed by atoms with van der Waals surface area (Å²) in [5, 5.41) is 2.61. The minimum Gasteiger partial charge on any atom is -0.492 e. The second-order valence-electron chi connectivity index (χ2n) is 5.02. The lowest BCUT2D eigenvalue weighted by Crippen LogP contribution is -2.28. The van der Waals surface area contributed by atoms with Crippen molar-refractivity contribution in [2.75, 3.05) is 13.2 Å². The molecule has 0 bridgehead atoms. The van der Waals surface area contributed by atoms with Gasteiger partial charge in [0.2, 0.25) is 0 Å². The number of carbonyl (C=O) groups excluding carboxylic acids is 2. The lowest BCUT2D eigenvalue weighted by Gasteiger charge is -2.09. The molecule has 0 atom stereocenters. The number of aryl methyl sites for hydroxylation is 1. The molecular formula is C18H19NO4. The molecular weight excluding hydrogens is 294 g/mol. The average Bonchev–Trinajstić information content (AvgIpc) is 2.59. The van der Waals surface area contributed by atoms with Crippen LogP contribution in [0.1, 0.15) is 21.5 Å². The summed E-state index contributed by atoms with van der Waals surface area (Å²) in [5.74, 6) is 0.644. The van der Waals surface area contributed by atoms with Crippen LogP contribution >= 0.6 is 0 Å². The first-order chi connectivity index (χ1) is 11.2. The maximum absolute atomic E-state index is 11.6. The van der Waals surface area contributed by atoms with Crippen LogP contribution in [0.3, 0.4) is 0 Å². The number of carbonyl (C=O) groups is 2. The van der Waals surface area contributed by atoms with Crippen LogP contribution in [0.5, 0.6) is 5.75 Å². The molecule has 1 N–H and O–H groups in total. The average molecular weight is 313 g/mol. The molecule has 0 fully saturated rings. The van der Waals surface area contributed by atoms with Gasteiger partial charge in [0.05, 0.1) is 6.54 Å². The molecule has 0 aliphatic rings. The van der Waals surface area contributed by atoms with Crippen LogP contribution in [0.25, 0.3) is 0 Å². The molecule has 0 radical (unpaired) electrons. The lowest BCUT2D eigenvalue weighted by atomic mass is 10.2. The van der Waals surface area contributed by atoms with Crippen molar-refractivity contribution >= 4 is 12.4 Å². The van der Waals surface area contributed by atoms with Gasteiger partial charge in [0, 0.05) is 5.56 Å².